The van der Waals surface area contributed by atoms with Crippen molar-refractivity contribution in [1.29, 1.82) is 0 Å². The van der Waals surface area contributed by atoms with Crippen LogP contribution in [0.15, 0.2) is 48.6 Å². The molecule has 1 aliphatic carbocycles. The van der Waals surface area contributed by atoms with Crippen molar-refractivity contribution in [3.05, 3.63) is 54.1 Å². The van der Waals surface area contributed by atoms with Gasteiger partial charge in [-0.2, -0.15) is 0 Å². The fourth-order valence-electron chi connectivity index (χ4n) is 2.26. The molecule has 96 valence electrons. The van der Waals surface area contributed by atoms with Crippen LogP contribution >= 0.6 is 0 Å². The lowest BCUT2D eigenvalue weighted by molar-refractivity contribution is -0.117. The summed E-state index contributed by atoms with van der Waals surface area (Å²) in [6.45, 7) is 9.94. The number of carbonyl (C=O) groups excluding carboxylic acids is 1. The Labute approximate surface area is 110 Å². The largest absolute Gasteiger partial charge is 0.295 e. The number of benzene rings is 1. The summed E-state index contributed by atoms with van der Waals surface area (Å²) in [5.41, 5.74) is 2.60. The summed E-state index contributed by atoms with van der Waals surface area (Å²) >= 11 is 0. The van der Waals surface area contributed by atoms with Crippen LogP contribution in [0.5, 0.6) is 0 Å². The van der Waals surface area contributed by atoms with Gasteiger partial charge in [0, 0.05) is 6.42 Å². The molecule has 2 rings (SSSR count). The summed E-state index contributed by atoms with van der Waals surface area (Å²) in [5.74, 6) is 0.286. The summed E-state index contributed by atoms with van der Waals surface area (Å²) in [5, 5.41) is 0. The molecule has 1 nitrogen and oxygen atoms in total. The van der Waals surface area contributed by atoms with E-state index < -0.39 is 0 Å². The SMILES string of the molecule is C=Cc1ccccc1.CC1=CC(=O)CC(C)(C)C1. The van der Waals surface area contributed by atoms with Crippen LogP contribution in [0.3, 0.4) is 0 Å². The Balaban J connectivity index is 0.000000184. The van der Waals surface area contributed by atoms with Crippen LogP contribution in [-0.4, -0.2) is 5.78 Å². The van der Waals surface area contributed by atoms with Crippen LogP contribution in [-0.2, 0) is 4.79 Å². The minimum Gasteiger partial charge on any atom is -0.295 e. The lowest BCUT2D eigenvalue weighted by atomic mass is 9.77. The minimum absolute atomic E-state index is 0.204. The van der Waals surface area contributed by atoms with Crippen molar-refractivity contribution in [2.45, 2.75) is 33.6 Å². The average Bonchev–Trinajstić information content (AvgIpc) is 2.27. The normalized spacial score (nSPS) is 17.3. The Hall–Kier alpha value is -1.63. The lowest BCUT2D eigenvalue weighted by Crippen LogP contribution is -2.20. The van der Waals surface area contributed by atoms with E-state index in [1.165, 1.54) is 11.1 Å². The Morgan fingerprint density at radius 2 is 1.78 bits per heavy atom. The smallest absolute Gasteiger partial charge is 0.156 e. The van der Waals surface area contributed by atoms with Gasteiger partial charge in [0.05, 0.1) is 0 Å². The van der Waals surface area contributed by atoms with Gasteiger partial charge < -0.3 is 0 Å². The van der Waals surface area contributed by atoms with E-state index in [9.17, 15) is 4.79 Å². The lowest BCUT2D eigenvalue weighted by Gasteiger charge is -2.27. The Bertz CT molecular complexity index is 438. The van der Waals surface area contributed by atoms with Gasteiger partial charge in [0.15, 0.2) is 5.78 Å². The molecule has 1 aliphatic rings. The van der Waals surface area contributed by atoms with Crippen LogP contribution in [0.4, 0.5) is 0 Å². The molecule has 0 bridgehead atoms. The van der Waals surface area contributed by atoms with Crippen molar-refractivity contribution in [1.82, 2.24) is 0 Å². The predicted molar refractivity (Wildman–Crippen MR) is 78.3 cm³/mol. The van der Waals surface area contributed by atoms with E-state index in [1.54, 1.807) is 6.08 Å². The number of rotatable bonds is 1. The predicted octanol–water partition coefficient (Wildman–Crippen LogP) is 4.65. The quantitative estimate of drug-likeness (QED) is 0.700. The minimum atomic E-state index is 0.204. The molecule has 0 radical (unpaired) electrons. The molecular weight excluding hydrogens is 220 g/mol. The molecule has 0 atom stereocenters. The molecule has 1 heteroatoms. The highest BCUT2D eigenvalue weighted by Crippen LogP contribution is 2.32. The Morgan fingerprint density at radius 1 is 1.17 bits per heavy atom. The Kier molecular flexibility index (Phi) is 5.08. The van der Waals surface area contributed by atoms with Gasteiger partial charge in [-0.05, 0) is 30.4 Å². The third kappa shape index (κ3) is 5.13. The highest BCUT2D eigenvalue weighted by Gasteiger charge is 2.25. The molecule has 18 heavy (non-hydrogen) atoms. The van der Waals surface area contributed by atoms with Gasteiger partial charge in [0.25, 0.3) is 0 Å². The molecule has 0 amide bonds. The van der Waals surface area contributed by atoms with Crippen LogP contribution in [0.2, 0.25) is 0 Å². The van der Waals surface area contributed by atoms with Crippen molar-refractivity contribution < 1.29 is 4.79 Å². The second-order valence-corrected chi connectivity index (χ2v) is 5.59. The molecule has 1 aromatic carbocycles. The van der Waals surface area contributed by atoms with Crippen molar-refractivity contribution in [3.63, 3.8) is 0 Å². The summed E-state index contributed by atoms with van der Waals surface area (Å²) in [6, 6.07) is 10.0. The molecule has 0 unspecified atom stereocenters. The van der Waals surface area contributed by atoms with Crippen LogP contribution in [0.1, 0.15) is 39.2 Å². The molecule has 0 heterocycles. The number of carbonyl (C=O) groups is 1. The molecule has 1 aromatic rings. The van der Waals surface area contributed by atoms with E-state index in [1.807, 2.05) is 43.3 Å². The molecule has 0 spiro atoms. The number of ketones is 1. The van der Waals surface area contributed by atoms with Crippen molar-refractivity contribution >= 4 is 11.9 Å². The third-order valence-electron chi connectivity index (χ3n) is 2.85. The third-order valence-corrected chi connectivity index (χ3v) is 2.85. The zero-order chi connectivity index (χ0) is 13.6. The van der Waals surface area contributed by atoms with E-state index in [0.29, 0.717) is 6.42 Å². The van der Waals surface area contributed by atoms with Gasteiger partial charge in [0.1, 0.15) is 0 Å². The van der Waals surface area contributed by atoms with Crippen LogP contribution in [0.25, 0.3) is 6.08 Å². The number of hydrogen-bond acceptors (Lipinski definition) is 1. The van der Waals surface area contributed by atoms with Crippen LogP contribution in [0, 0.1) is 5.41 Å². The van der Waals surface area contributed by atoms with Gasteiger partial charge in [0.2, 0.25) is 0 Å². The maximum absolute atomic E-state index is 11.0. The monoisotopic (exact) mass is 242 g/mol. The highest BCUT2D eigenvalue weighted by molar-refractivity contribution is 5.91. The van der Waals surface area contributed by atoms with E-state index >= 15 is 0 Å². The second-order valence-electron chi connectivity index (χ2n) is 5.59. The average molecular weight is 242 g/mol. The summed E-state index contributed by atoms with van der Waals surface area (Å²) in [7, 11) is 0. The maximum Gasteiger partial charge on any atom is 0.156 e. The first-order chi connectivity index (χ1) is 8.43. The number of hydrogen-bond donors (Lipinski definition) is 0. The van der Waals surface area contributed by atoms with Gasteiger partial charge in [-0.25, -0.2) is 0 Å². The summed E-state index contributed by atoms with van der Waals surface area (Å²) in [4.78, 5) is 11.0. The first-order valence-electron chi connectivity index (χ1n) is 6.30. The van der Waals surface area contributed by atoms with Crippen molar-refractivity contribution in [3.8, 4) is 0 Å². The highest BCUT2D eigenvalue weighted by atomic mass is 16.1. The van der Waals surface area contributed by atoms with Crippen molar-refractivity contribution in [2.24, 2.45) is 5.41 Å². The summed E-state index contributed by atoms with van der Waals surface area (Å²) in [6.07, 6.45) is 5.38. The van der Waals surface area contributed by atoms with Gasteiger partial charge in [-0.3, -0.25) is 4.79 Å². The fourth-order valence-corrected chi connectivity index (χ4v) is 2.26. The fraction of sp³-hybridized carbons (Fsp3) is 0.353. The zero-order valence-corrected chi connectivity index (χ0v) is 11.6. The molecular formula is C17H22O. The van der Waals surface area contributed by atoms with E-state index in [4.69, 9.17) is 0 Å². The molecule has 0 saturated carbocycles. The molecule has 0 aromatic heterocycles. The molecule has 0 saturated heterocycles. The first-order valence-corrected chi connectivity index (χ1v) is 6.30. The number of allylic oxidation sites excluding steroid dienone is 2. The molecule has 0 aliphatic heterocycles. The maximum atomic E-state index is 11.0. The van der Waals surface area contributed by atoms with E-state index in [0.717, 1.165) is 6.42 Å². The standard InChI is InChI=1S/C9H14O.C8H8/c1-7-4-8(10)6-9(2,3)5-7;1-2-8-6-4-3-5-7-8/h4H,5-6H2,1-3H3;2-7H,1H2. The van der Waals surface area contributed by atoms with Crippen molar-refractivity contribution in [2.75, 3.05) is 0 Å². The summed E-state index contributed by atoms with van der Waals surface area (Å²) < 4.78 is 0. The van der Waals surface area contributed by atoms with E-state index in [2.05, 4.69) is 20.4 Å². The molecule has 0 fully saturated rings. The van der Waals surface area contributed by atoms with E-state index in [-0.39, 0.29) is 11.2 Å². The molecule has 0 N–H and O–H groups in total. The second kappa shape index (κ2) is 6.34. The Morgan fingerprint density at radius 3 is 2.17 bits per heavy atom. The topological polar surface area (TPSA) is 17.1 Å². The van der Waals surface area contributed by atoms with Crippen LogP contribution < -0.4 is 0 Å². The van der Waals surface area contributed by atoms with Gasteiger partial charge >= 0.3 is 0 Å². The first kappa shape index (κ1) is 14.4. The zero-order valence-electron chi connectivity index (χ0n) is 11.6. The van der Waals surface area contributed by atoms with Gasteiger partial charge in [-0.15, -0.1) is 0 Å². The van der Waals surface area contributed by atoms with Gasteiger partial charge in [-0.1, -0.05) is 62.4 Å².